The lowest BCUT2D eigenvalue weighted by Gasteiger charge is -2.35. The lowest BCUT2D eigenvalue weighted by atomic mass is 10.0. The number of nitrogens with zero attached hydrogens (tertiary/aromatic N) is 3. The average Bonchev–Trinajstić information content (AvgIpc) is 2.73. The first-order valence-corrected chi connectivity index (χ1v) is 9.79. The predicted molar refractivity (Wildman–Crippen MR) is 125 cm³/mol. The number of halogens is 2. The lowest BCUT2D eigenvalue weighted by Crippen LogP contribution is -2.51. The van der Waals surface area contributed by atoms with Gasteiger partial charge in [-0.2, -0.15) is 0 Å². The summed E-state index contributed by atoms with van der Waals surface area (Å²) in [5, 5.41) is 17.0. The molecule has 2 heterocycles. The number of nitrogens with one attached hydrogen (secondary N) is 2. The summed E-state index contributed by atoms with van der Waals surface area (Å²) in [6, 6.07) is 10.5. The molecule has 2 unspecified atom stereocenters. The number of rotatable bonds is 6. The van der Waals surface area contributed by atoms with E-state index in [1.807, 2.05) is 13.0 Å². The molecule has 6 nitrogen and oxygen atoms in total. The number of piperidine rings is 1. The largest absolute Gasteiger partial charge is 0.386 e. The number of aliphatic imine (C=N–C) groups is 1. The van der Waals surface area contributed by atoms with Crippen molar-refractivity contribution in [2.75, 3.05) is 31.1 Å². The van der Waals surface area contributed by atoms with Crippen LogP contribution >= 0.6 is 24.0 Å². The monoisotopic (exact) mass is 513 g/mol. The van der Waals surface area contributed by atoms with E-state index in [0.717, 1.165) is 43.7 Å². The van der Waals surface area contributed by atoms with Crippen molar-refractivity contribution in [3.63, 3.8) is 0 Å². The van der Waals surface area contributed by atoms with Crippen molar-refractivity contribution in [2.24, 2.45) is 4.99 Å². The summed E-state index contributed by atoms with van der Waals surface area (Å²) in [4.78, 5) is 10.7. The molecule has 0 bridgehead atoms. The van der Waals surface area contributed by atoms with Crippen LogP contribution in [0.1, 0.15) is 31.4 Å². The van der Waals surface area contributed by atoms with Gasteiger partial charge in [-0.1, -0.05) is 6.07 Å². The second kappa shape index (κ2) is 11.9. The smallest absolute Gasteiger partial charge is 0.191 e. The Kier molecular flexibility index (Phi) is 9.59. The molecule has 1 aliphatic rings. The van der Waals surface area contributed by atoms with Gasteiger partial charge in [-0.25, -0.2) is 4.39 Å². The molecule has 0 saturated carbocycles. The van der Waals surface area contributed by atoms with Gasteiger partial charge < -0.3 is 20.6 Å². The van der Waals surface area contributed by atoms with E-state index in [0.29, 0.717) is 5.96 Å². The Balaban J connectivity index is 0.00000300. The van der Waals surface area contributed by atoms with Crippen LogP contribution in [0.15, 0.2) is 53.8 Å². The lowest BCUT2D eigenvalue weighted by molar-refractivity contribution is 0.187. The van der Waals surface area contributed by atoms with Crippen LogP contribution in [0.4, 0.5) is 10.1 Å². The summed E-state index contributed by atoms with van der Waals surface area (Å²) in [7, 11) is 0. The van der Waals surface area contributed by atoms with Crippen LogP contribution in [0.2, 0.25) is 0 Å². The third kappa shape index (κ3) is 7.11. The van der Waals surface area contributed by atoms with Crippen molar-refractivity contribution < 1.29 is 9.50 Å². The van der Waals surface area contributed by atoms with Crippen LogP contribution in [0.25, 0.3) is 0 Å². The molecule has 1 aromatic heterocycles. The Bertz CT molecular complexity index is 777. The van der Waals surface area contributed by atoms with E-state index in [9.17, 15) is 9.50 Å². The summed E-state index contributed by atoms with van der Waals surface area (Å²) >= 11 is 0. The maximum absolute atomic E-state index is 13.5. The molecule has 158 valence electrons. The number of aliphatic hydroxyl groups excluding tert-OH is 1. The normalized spacial score (nSPS) is 18.0. The van der Waals surface area contributed by atoms with Crippen molar-refractivity contribution in [3.8, 4) is 0 Å². The molecule has 0 amide bonds. The first-order chi connectivity index (χ1) is 13.7. The molecule has 8 heteroatoms. The summed E-state index contributed by atoms with van der Waals surface area (Å²) in [6.07, 6.45) is 4.69. The number of guanidine groups is 1. The number of pyridine rings is 1. The molecule has 3 rings (SSSR count). The number of aliphatic hydroxyl groups is 1. The van der Waals surface area contributed by atoms with Crippen LogP contribution in [-0.4, -0.2) is 48.3 Å². The predicted octanol–water partition coefficient (Wildman–Crippen LogP) is 3.10. The fraction of sp³-hybridized carbons (Fsp3) is 0.429. The number of hydrogen-bond acceptors (Lipinski definition) is 4. The van der Waals surface area contributed by atoms with Gasteiger partial charge >= 0.3 is 0 Å². The van der Waals surface area contributed by atoms with Gasteiger partial charge in [0.2, 0.25) is 0 Å². The van der Waals surface area contributed by atoms with Gasteiger partial charge in [0.15, 0.2) is 5.96 Å². The highest BCUT2D eigenvalue weighted by atomic mass is 127. The first kappa shape index (κ1) is 23.3. The van der Waals surface area contributed by atoms with Crippen LogP contribution in [-0.2, 0) is 0 Å². The molecule has 1 aliphatic heterocycles. The van der Waals surface area contributed by atoms with Gasteiger partial charge in [0.25, 0.3) is 0 Å². The molecular formula is C21H29FIN5O. The summed E-state index contributed by atoms with van der Waals surface area (Å²) < 4.78 is 13.5. The first-order valence-electron chi connectivity index (χ1n) is 9.79. The van der Waals surface area contributed by atoms with Crippen molar-refractivity contribution >= 4 is 35.6 Å². The molecule has 1 fully saturated rings. The zero-order valence-electron chi connectivity index (χ0n) is 16.6. The van der Waals surface area contributed by atoms with Crippen molar-refractivity contribution in [1.82, 2.24) is 15.6 Å². The minimum atomic E-state index is -0.673. The third-order valence-electron chi connectivity index (χ3n) is 4.79. The molecule has 0 radical (unpaired) electrons. The summed E-state index contributed by atoms with van der Waals surface area (Å²) in [5.41, 5.74) is 1.70. The Morgan fingerprint density at radius 1 is 1.34 bits per heavy atom. The Labute approximate surface area is 188 Å². The Morgan fingerprint density at radius 3 is 2.86 bits per heavy atom. The number of aromatic nitrogens is 1. The molecule has 0 spiro atoms. The molecule has 1 aromatic carbocycles. The Morgan fingerprint density at radius 2 is 2.14 bits per heavy atom. The van der Waals surface area contributed by atoms with Crippen molar-refractivity contribution in [1.29, 1.82) is 0 Å². The van der Waals surface area contributed by atoms with Crippen LogP contribution in [0.5, 0.6) is 0 Å². The molecule has 0 aliphatic carbocycles. The van der Waals surface area contributed by atoms with Gasteiger partial charge in [0.1, 0.15) is 5.82 Å². The van der Waals surface area contributed by atoms with Crippen LogP contribution in [0, 0.1) is 5.82 Å². The molecule has 29 heavy (non-hydrogen) atoms. The molecule has 2 atom stereocenters. The zero-order chi connectivity index (χ0) is 19.8. The maximum Gasteiger partial charge on any atom is 0.191 e. The van der Waals surface area contributed by atoms with Gasteiger partial charge in [-0.3, -0.25) is 9.98 Å². The summed E-state index contributed by atoms with van der Waals surface area (Å²) in [6.45, 7) is 4.70. The van der Waals surface area contributed by atoms with E-state index in [2.05, 4.69) is 25.5 Å². The van der Waals surface area contributed by atoms with E-state index >= 15 is 0 Å². The van der Waals surface area contributed by atoms with Crippen LogP contribution in [0.3, 0.4) is 0 Å². The van der Waals surface area contributed by atoms with Gasteiger partial charge in [-0.15, -0.1) is 24.0 Å². The Hall–Kier alpha value is -1.94. The molecule has 1 saturated heterocycles. The van der Waals surface area contributed by atoms with E-state index in [4.69, 9.17) is 0 Å². The number of hydrogen-bond donors (Lipinski definition) is 3. The van der Waals surface area contributed by atoms with E-state index in [-0.39, 0.29) is 42.4 Å². The minimum Gasteiger partial charge on any atom is -0.386 e. The minimum absolute atomic E-state index is 0. The summed E-state index contributed by atoms with van der Waals surface area (Å²) in [5.74, 6) is 0.467. The van der Waals surface area contributed by atoms with Gasteiger partial charge in [0.05, 0.1) is 12.6 Å². The molecular weight excluding hydrogens is 484 g/mol. The second-order valence-electron chi connectivity index (χ2n) is 6.93. The fourth-order valence-electron chi connectivity index (χ4n) is 3.38. The van der Waals surface area contributed by atoms with E-state index in [1.54, 1.807) is 36.7 Å². The van der Waals surface area contributed by atoms with Crippen LogP contribution < -0.4 is 15.5 Å². The van der Waals surface area contributed by atoms with Gasteiger partial charge in [-0.05, 0) is 55.7 Å². The average molecular weight is 513 g/mol. The fourth-order valence-corrected chi connectivity index (χ4v) is 3.38. The van der Waals surface area contributed by atoms with Crippen molar-refractivity contribution in [3.05, 3.63) is 60.2 Å². The van der Waals surface area contributed by atoms with E-state index in [1.165, 1.54) is 6.07 Å². The number of benzene rings is 1. The zero-order valence-corrected chi connectivity index (χ0v) is 18.9. The highest BCUT2D eigenvalue weighted by Gasteiger charge is 2.21. The SMILES string of the molecule is CCNC(=NCC(O)c1ccncc1)NC1CCCN(c2cccc(F)c2)C1.I. The molecule has 3 N–H and O–H groups in total. The molecule has 2 aromatic rings. The maximum atomic E-state index is 13.5. The van der Waals surface area contributed by atoms with Crippen molar-refractivity contribution in [2.45, 2.75) is 31.9 Å². The second-order valence-corrected chi connectivity index (χ2v) is 6.93. The highest BCUT2D eigenvalue weighted by Crippen LogP contribution is 2.20. The topological polar surface area (TPSA) is 72.8 Å². The standard InChI is InChI=1S/C21H28FN5O.HI/c1-2-24-21(25-14-20(28)16-8-10-23-11-9-16)26-18-6-4-12-27(15-18)19-7-3-5-17(22)13-19;/h3,5,7-11,13,18,20,28H,2,4,6,12,14-15H2,1H3,(H2,24,25,26);1H. The van der Waals surface area contributed by atoms with Gasteiger partial charge in [0, 0.05) is 43.8 Å². The quantitative estimate of drug-likeness (QED) is 0.315. The number of anilines is 1. The highest BCUT2D eigenvalue weighted by molar-refractivity contribution is 14.0. The third-order valence-corrected chi connectivity index (χ3v) is 4.79. The van der Waals surface area contributed by atoms with E-state index < -0.39 is 6.10 Å².